The summed E-state index contributed by atoms with van der Waals surface area (Å²) in [4.78, 5) is 0. The summed E-state index contributed by atoms with van der Waals surface area (Å²) in [6, 6.07) is 0.649. The lowest BCUT2D eigenvalue weighted by Crippen LogP contribution is -2.23. The number of hydrogen-bond donors (Lipinski definition) is 1. The topological polar surface area (TPSA) is 12.0 Å². The fourth-order valence-electron chi connectivity index (χ4n) is 3.00. The Bertz CT molecular complexity index is 283. The molecule has 0 aromatic rings. The average molecular weight is 233 g/mol. The summed E-state index contributed by atoms with van der Waals surface area (Å²) < 4.78 is 0. The van der Waals surface area contributed by atoms with Crippen molar-refractivity contribution in [3.8, 4) is 0 Å². The molecule has 1 aliphatic heterocycles. The summed E-state index contributed by atoms with van der Waals surface area (Å²) in [6.45, 7) is 3.49. The van der Waals surface area contributed by atoms with Gasteiger partial charge in [-0.1, -0.05) is 19.8 Å². The summed E-state index contributed by atoms with van der Waals surface area (Å²) in [6.07, 6.45) is 13.4. The van der Waals surface area contributed by atoms with Gasteiger partial charge in [-0.3, -0.25) is 0 Å². The van der Waals surface area contributed by atoms with Gasteiger partial charge in [-0.05, 0) is 69.1 Å². The standard InChI is InChI=1S/C16H27N/c1-2-3-10-15(16-11-7-12-17-16)13-14-8-5-4-6-9-14/h16-17H,2-12H2,1H3. The molecule has 1 nitrogen and oxygen atoms in total. The third-order valence-electron chi connectivity index (χ3n) is 4.08. The lowest BCUT2D eigenvalue weighted by Gasteiger charge is -2.16. The van der Waals surface area contributed by atoms with E-state index >= 15 is 0 Å². The van der Waals surface area contributed by atoms with Gasteiger partial charge >= 0.3 is 0 Å². The molecule has 1 N–H and O–H groups in total. The highest BCUT2D eigenvalue weighted by molar-refractivity contribution is 5.17. The van der Waals surface area contributed by atoms with E-state index in [1.165, 1.54) is 70.8 Å². The largest absolute Gasteiger partial charge is 0.310 e. The molecule has 1 heteroatoms. The maximum absolute atomic E-state index is 3.80. The second-order valence-corrected chi connectivity index (χ2v) is 5.57. The van der Waals surface area contributed by atoms with Crippen molar-refractivity contribution in [3.63, 3.8) is 0 Å². The number of nitrogens with one attached hydrogen (secondary N) is 1. The van der Waals surface area contributed by atoms with Gasteiger partial charge in [0.05, 0.1) is 0 Å². The van der Waals surface area contributed by atoms with Gasteiger partial charge in [0.2, 0.25) is 0 Å². The van der Waals surface area contributed by atoms with E-state index in [1.54, 1.807) is 11.1 Å². The van der Waals surface area contributed by atoms with E-state index in [0.29, 0.717) is 6.04 Å². The van der Waals surface area contributed by atoms with Crippen molar-refractivity contribution in [2.75, 3.05) is 6.54 Å². The first-order valence-electron chi connectivity index (χ1n) is 7.61. The summed E-state index contributed by atoms with van der Waals surface area (Å²) in [5.41, 5.74) is 7.00. The molecule has 1 aliphatic carbocycles. The first kappa shape index (κ1) is 12.9. The molecular formula is C16H27N. The molecule has 0 radical (unpaired) electrons. The van der Waals surface area contributed by atoms with Crippen LogP contribution >= 0.6 is 0 Å². The third kappa shape index (κ3) is 4.01. The van der Waals surface area contributed by atoms with E-state index in [-0.39, 0.29) is 0 Å². The van der Waals surface area contributed by atoms with Crippen LogP contribution in [0.2, 0.25) is 0 Å². The minimum Gasteiger partial charge on any atom is -0.310 e. The molecular weight excluding hydrogens is 206 g/mol. The Labute approximate surface area is 106 Å². The van der Waals surface area contributed by atoms with Crippen molar-refractivity contribution in [1.82, 2.24) is 5.32 Å². The minimum absolute atomic E-state index is 0.649. The molecule has 1 heterocycles. The lowest BCUT2D eigenvalue weighted by molar-refractivity contribution is 0.595. The molecule has 2 fully saturated rings. The van der Waals surface area contributed by atoms with Crippen LogP contribution in [0.15, 0.2) is 16.9 Å². The molecule has 2 rings (SSSR count). The van der Waals surface area contributed by atoms with E-state index in [4.69, 9.17) is 0 Å². The van der Waals surface area contributed by atoms with Crippen LogP contribution in [0.5, 0.6) is 0 Å². The highest BCUT2D eigenvalue weighted by Gasteiger charge is 2.18. The molecule has 0 aromatic heterocycles. The highest BCUT2D eigenvalue weighted by Crippen LogP contribution is 2.25. The predicted octanol–water partition coefficient (Wildman–Crippen LogP) is 4.34. The molecule has 1 atom stereocenters. The van der Waals surface area contributed by atoms with Gasteiger partial charge in [-0.25, -0.2) is 0 Å². The lowest BCUT2D eigenvalue weighted by atomic mass is 9.93. The second kappa shape index (κ2) is 7.03. The van der Waals surface area contributed by atoms with Gasteiger partial charge in [0.15, 0.2) is 0 Å². The Hall–Kier alpha value is -0.520. The molecule has 1 saturated carbocycles. The normalized spacial score (nSPS) is 24.8. The Morgan fingerprint density at radius 1 is 1.24 bits per heavy atom. The van der Waals surface area contributed by atoms with E-state index in [1.807, 2.05) is 0 Å². The zero-order valence-corrected chi connectivity index (χ0v) is 11.4. The molecule has 0 spiro atoms. The molecule has 1 saturated heterocycles. The predicted molar refractivity (Wildman–Crippen MR) is 74.2 cm³/mol. The van der Waals surface area contributed by atoms with Crippen LogP contribution in [-0.4, -0.2) is 12.6 Å². The number of unbranched alkanes of at least 4 members (excludes halogenated alkanes) is 1. The number of rotatable bonds is 4. The van der Waals surface area contributed by atoms with Crippen molar-refractivity contribution in [1.29, 1.82) is 0 Å². The van der Waals surface area contributed by atoms with Gasteiger partial charge < -0.3 is 5.32 Å². The molecule has 1 unspecified atom stereocenters. The van der Waals surface area contributed by atoms with Crippen molar-refractivity contribution in [2.45, 2.75) is 77.2 Å². The third-order valence-corrected chi connectivity index (χ3v) is 4.08. The highest BCUT2D eigenvalue weighted by atomic mass is 14.9. The smallest absolute Gasteiger partial charge is 0.0355 e. The van der Waals surface area contributed by atoms with E-state index in [0.717, 1.165) is 0 Å². The van der Waals surface area contributed by atoms with Crippen molar-refractivity contribution in [2.24, 2.45) is 0 Å². The van der Waals surface area contributed by atoms with Crippen molar-refractivity contribution >= 4 is 0 Å². The summed E-state index contributed by atoms with van der Waals surface area (Å²) in [5.74, 6) is 0. The van der Waals surface area contributed by atoms with Gasteiger partial charge in [-0.2, -0.15) is 0 Å². The Morgan fingerprint density at radius 2 is 2.06 bits per heavy atom. The molecule has 17 heavy (non-hydrogen) atoms. The van der Waals surface area contributed by atoms with E-state index in [9.17, 15) is 0 Å². The van der Waals surface area contributed by atoms with Gasteiger partial charge in [0.25, 0.3) is 0 Å². The maximum Gasteiger partial charge on any atom is 0.0355 e. The Morgan fingerprint density at radius 3 is 2.71 bits per heavy atom. The molecule has 0 bridgehead atoms. The summed E-state index contributed by atoms with van der Waals surface area (Å²) >= 11 is 0. The van der Waals surface area contributed by atoms with Crippen LogP contribution in [0.1, 0.15) is 71.1 Å². The molecule has 96 valence electrons. The molecule has 2 aliphatic rings. The summed E-state index contributed by atoms with van der Waals surface area (Å²) in [7, 11) is 0. The van der Waals surface area contributed by atoms with Gasteiger partial charge in [-0.15, -0.1) is 5.73 Å². The monoisotopic (exact) mass is 233 g/mol. The van der Waals surface area contributed by atoms with Gasteiger partial charge in [0.1, 0.15) is 0 Å². The van der Waals surface area contributed by atoms with E-state index in [2.05, 4.69) is 18.0 Å². The SMILES string of the molecule is CCCCC(=C=C1CCCCC1)C1CCCN1. The van der Waals surface area contributed by atoms with E-state index < -0.39 is 0 Å². The second-order valence-electron chi connectivity index (χ2n) is 5.57. The number of hydrogen-bond acceptors (Lipinski definition) is 1. The van der Waals surface area contributed by atoms with Crippen LogP contribution < -0.4 is 5.32 Å². The molecule has 0 amide bonds. The first-order chi connectivity index (χ1) is 8.40. The Balaban J connectivity index is 2.08. The fourth-order valence-corrected chi connectivity index (χ4v) is 3.00. The van der Waals surface area contributed by atoms with Crippen LogP contribution in [-0.2, 0) is 0 Å². The quantitative estimate of drug-likeness (QED) is 0.712. The van der Waals surface area contributed by atoms with Crippen LogP contribution in [0.4, 0.5) is 0 Å². The average Bonchev–Trinajstić information content (AvgIpc) is 2.89. The van der Waals surface area contributed by atoms with Crippen LogP contribution in [0, 0.1) is 0 Å². The van der Waals surface area contributed by atoms with Crippen LogP contribution in [0.3, 0.4) is 0 Å². The summed E-state index contributed by atoms with van der Waals surface area (Å²) in [5, 5.41) is 3.64. The Kier molecular flexibility index (Phi) is 5.35. The van der Waals surface area contributed by atoms with Crippen LogP contribution in [0.25, 0.3) is 0 Å². The van der Waals surface area contributed by atoms with Crippen molar-refractivity contribution in [3.05, 3.63) is 16.9 Å². The minimum atomic E-state index is 0.649. The van der Waals surface area contributed by atoms with Crippen molar-refractivity contribution < 1.29 is 0 Å². The molecule has 0 aromatic carbocycles. The van der Waals surface area contributed by atoms with Gasteiger partial charge in [0, 0.05) is 6.04 Å². The fraction of sp³-hybridized carbons (Fsp3) is 0.812. The maximum atomic E-state index is 3.80. The zero-order valence-electron chi connectivity index (χ0n) is 11.4. The zero-order chi connectivity index (χ0) is 11.9. The first-order valence-corrected chi connectivity index (χ1v) is 7.61.